The molecule has 0 fully saturated rings. The lowest BCUT2D eigenvalue weighted by Crippen LogP contribution is -2.32. The van der Waals surface area contributed by atoms with Gasteiger partial charge in [0, 0.05) is 17.3 Å². The van der Waals surface area contributed by atoms with Crippen molar-refractivity contribution in [3.8, 4) is 5.75 Å². The molecule has 2 atom stereocenters. The second kappa shape index (κ2) is 9.25. The maximum Gasteiger partial charge on any atom is 0.265 e. The van der Waals surface area contributed by atoms with Crippen molar-refractivity contribution in [3.05, 3.63) is 59.1 Å². The van der Waals surface area contributed by atoms with Crippen LogP contribution in [0.3, 0.4) is 0 Å². The number of amides is 2. The average Bonchev–Trinajstić information content (AvgIpc) is 2.63. The summed E-state index contributed by atoms with van der Waals surface area (Å²) >= 11 is 6.04. The van der Waals surface area contributed by atoms with E-state index in [9.17, 15) is 9.59 Å². The summed E-state index contributed by atoms with van der Waals surface area (Å²) in [4.78, 5) is 24.6. The van der Waals surface area contributed by atoms with Crippen LogP contribution >= 0.6 is 11.6 Å². The Bertz CT molecular complexity index is 779. The van der Waals surface area contributed by atoms with Crippen LogP contribution in [0, 0.1) is 0 Å². The lowest BCUT2D eigenvalue weighted by molar-refractivity contribution is -0.122. The van der Waals surface area contributed by atoms with E-state index in [4.69, 9.17) is 16.3 Å². The number of benzene rings is 2. The molecule has 0 saturated carbocycles. The summed E-state index contributed by atoms with van der Waals surface area (Å²) in [7, 11) is 0. The molecular weight excluding hydrogens is 352 g/mol. The van der Waals surface area contributed by atoms with E-state index in [0.29, 0.717) is 22.0 Å². The number of halogens is 1. The van der Waals surface area contributed by atoms with Gasteiger partial charge in [-0.25, -0.2) is 0 Å². The molecule has 0 aliphatic heterocycles. The monoisotopic (exact) mass is 374 g/mol. The number of hydrogen-bond donors (Lipinski definition) is 2. The van der Waals surface area contributed by atoms with Crippen molar-refractivity contribution in [2.45, 2.75) is 39.3 Å². The van der Waals surface area contributed by atoms with Gasteiger partial charge in [0.25, 0.3) is 11.8 Å². The molecule has 138 valence electrons. The van der Waals surface area contributed by atoms with Crippen molar-refractivity contribution < 1.29 is 14.3 Å². The van der Waals surface area contributed by atoms with E-state index >= 15 is 0 Å². The third-order valence-electron chi connectivity index (χ3n) is 3.89. The van der Waals surface area contributed by atoms with Gasteiger partial charge >= 0.3 is 0 Å². The molecule has 2 aromatic carbocycles. The van der Waals surface area contributed by atoms with Crippen LogP contribution in [0.15, 0.2) is 48.5 Å². The lowest BCUT2D eigenvalue weighted by Gasteiger charge is -2.16. The topological polar surface area (TPSA) is 67.4 Å². The van der Waals surface area contributed by atoms with E-state index in [1.165, 1.54) is 0 Å². The van der Waals surface area contributed by atoms with Gasteiger partial charge in [-0.2, -0.15) is 0 Å². The van der Waals surface area contributed by atoms with E-state index in [2.05, 4.69) is 10.6 Å². The molecule has 0 aliphatic rings. The minimum atomic E-state index is -0.743. The molecule has 2 N–H and O–H groups in total. The van der Waals surface area contributed by atoms with E-state index in [1.54, 1.807) is 55.5 Å². The quantitative estimate of drug-likeness (QED) is 0.760. The summed E-state index contributed by atoms with van der Waals surface area (Å²) in [6.07, 6.45) is 0.103. The highest BCUT2D eigenvalue weighted by molar-refractivity contribution is 6.32. The molecule has 2 amide bonds. The zero-order valence-electron chi connectivity index (χ0n) is 15.1. The number of ether oxygens (including phenoxy) is 1. The first-order valence-electron chi connectivity index (χ1n) is 8.53. The molecule has 2 unspecified atom stereocenters. The van der Waals surface area contributed by atoms with Crippen LogP contribution < -0.4 is 15.4 Å². The van der Waals surface area contributed by atoms with Crippen molar-refractivity contribution in [1.82, 2.24) is 5.32 Å². The van der Waals surface area contributed by atoms with Gasteiger partial charge in [-0.1, -0.05) is 36.7 Å². The molecule has 5 nitrogen and oxygen atoms in total. The first-order valence-corrected chi connectivity index (χ1v) is 8.91. The number of para-hydroxylation sites is 1. The van der Waals surface area contributed by atoms with Crippen LogP contribution in [-0.2, 0) is 4.79 Å². The van der Waals surface area contributed by atoms with Gasteiger partial charge in [0.2, 0.25) is 0 Å². The fourth-order valence-corrected chi connectivity index (χ4v) is 2.36. The third kappa shape index (κ3) is 5.49. The van der Waals surface area contributed by atoms with Crippen molar-refractivity contribution >= 4 is 29.1 Å². The molecule has 0 saturated heterocycles. The summed E-state index contributed by atoms with van der Waals surface area (Å²) in [6, 6.07) is 13.8. The van der Waals surface area contributed by atoms with E-state index < -0.39 is 6.10 Å². The molecule has 0 heterocycles. The third-order valence-corrected chi connectivity index (χ3v) is 4.20. The van der Waals surface area contributed by atoms with Crippen LogP contribution in [0.2, 0.25) is 5.02 Å². The number of carbonyl (C=O) groups is 2. The Morgan fingerprint density at radius 1 is 1.12 bits per heavy atom. The van der Waals surface area contributed by atoms with Crippen molar-refractivity contribution in [2.75, 3.05) is 5.32 Å². The molecule has 2 aromatic rings. The zero-order valence-corrected chi connectivity index (χ0v) is 15.8. The van der Waals surface area contributed by atoms with Crippen LogP contribution in [0.5, 0.6) is 5.75 Å². The molecule has 0 aromatic heterocycles. The van der Waals surface area contributed by atoms with Gasteiger partial charge in [-0.15, -0.1) is 0 Å². The van der Waals surface area contributed by atoms with Gasteiger partial charge in [-0.3, -0.25) is 9.59 Å². The minimum absolute atomic E-state index is 0.0878. The van der Waals surface area contributed by atoms with Crippen LogP contribution in [0.1, 0.15) is 37.6 Å². The number of nitrogens with one attached hydrogen (secondary N) is 2. The Balaban J connectivity index is 2.01. The Kier molecular flexibility index (Phi) is 7.04. The maximum absolute atomic E-state index is 12.4. The highest BCUT2D eigenvalue weighted by Gasteiger charge is 2.17. The fourth-order valence-electron chi connectivity index (χ4n) is 2.18. The SMILES string of the molecule is CCC(C)NC(=O)c1cccc(NC(=O)C(C)Oc2ccccc2Cl)c1. The van der Waals surface area contributed by atoms with Crippen LogP contribution in [-0.4, -0.2) is 24.0 Å². The summed E-state index contributed by atoms with van der Waals surface area (Å²) < 4.78 is 5.60. The summed E-state index contributed by atoms with van der Waals surface area (Å²) in [5.74, 6) is -0.0567. The Labute approximate surface area is 158 Å². The van der Waals surface area contributed by atoms with E-state index in [0.717, 1.165) is 6.42 Å². The summed E-state index contributed by atoms with van der Waals surface area (Å²) in [6.45, 7) is 5.58. The Morgan fingerprint density at radius 3 is 2.54 bits per heavy atom. The molecule has 0 radical (unpaired) electrons. The first-order chi connectivity index (χ1) is 12.4. The Hall–Kier alpha value is -2.53. The Morgan fingerprint density at radius 2 is 1.85 bits per heavy atom. The van der Waals surface area contributed by atoms with Crippen molar-refractivity contribution in [1.29, 1.82) is 0 Å². The average molecular weight is 375 g/mol. The van der Waals surface area contributed by atoms with Gasteiger partial charge in [0.1, 0.15) is 5.75 Å². The van der Waals surface area contributed by atoms with Crippen molar-refractivity contribution in [2.24, 2.45) is 0 Å². The van der Waals surface area contributed by atoms with E-state index in [1.807, 2.05) is 13.8 Å². The van der Waals surface area contributed by atoms with Gasteiger partial charge in [0.15, 0.2) is 6.10 Å². The van der Waals surface area contributed by atoms with E-state index in [-0.39, 0.29) is 17.9 Å². The van der Waals surface area contributed by atoms with Crippen molar-refractivity contribution in [3.63, 3.8) is 0 Å². The summed E-state index contributed by atoms with van der Waals surface area (Å²) in [5.41, 5.74) is 1.02. The molecule has 2 rings (SSSR count). The van der Waals surface area contributed by atoms with Crippen LogP contribution in [0.25, 0.3) is 0 Å². The molecule has 0 aliphatic carbocycles. The fraction of sp³-hybridized carbons (Fsp3) is 0.300. The second-order valence-electron chi connectivity index (χ2n) is 6.04. The normalized spacial score (nSPS) is 12.8. The second-order valence-corrected chi connectivity index (χ2v) is 6.45. The number of rotatable bonds is 7. The maximum atomic E-state index is 12.4. The highest BCUT2D eigenvalue weighted by Crippen LogP contribution is 2.24. The van der Waals surface area contributed by atoms with Gasteiger partial charge in [-0.05, 0) is 50.6 Å². The van der Waals surface area contributed by atoms with Gasteiger partial charge in [0.05, 0.1) is 5.02 Å². The lowest BCUT2D eigenvalue weighted by atomic mass is 10.1. The zero-order chi connectivity index (χ0) is 19.1. The van der Waals surface area contributed by atoms with Crippen LogP contribution in [0.4, 0.5) is 5.69 Å². The number of hydrogen-bond acceptors (Lipinski definition) is 3. The summed E-state index contributed by atoms with van der Waals surface area (Å²) in [5, 5.41) is 6.09. The molecule has 26 heavy (non-hydrogen) atoms. The predicted molar refractivity (Wildman–Crippen MR) is 104 cm³/mol. The predicted octanol–water partition coefficient (Wildman–Crippen LogP) is 4.27. The molecular formula is C20H23ClN2O3. The highest BCUT2D eigenvalue weighted by atomic mass is 35.5. The smallest absolute Gasteiger partial charge is 0.265 e. The van der Waals surface area contributed by atoms with Gasteiger partial charge < -0.3 is 15.4 Å². The minimum Gasteiger partial charge on any atom is -0.479 e. The standard InChI is InChI=1S/C20H23ClN2O3/c1-4-13(2)22-20(25)15-8-7-9-16(12-15)23-19(24)14(3)26-18-11-6-5-10-17(18)21/h5-14H,4H2,1-3H3,(H,22,25)(H,23,24). The molecule has 6 heteroatoms. The molecule has 0 bridgehead atoms. The number of carbonyl (C=O) groups excluding carboxylic acids is 2. The number of anilines is 1. The largest absolute Gasteiger partial charge is 0.479 e. The first kappa shape index (κ1) is 19.8. The molecule has 0 spiro atoms.